The summed E-state index contributed by atoms with van der Waals surface area (Å²) >= 11 is 3.41. The number of benzene rings is 2. The molecule has 0 fully saturated rings. The third-order valence-electron chi connectivity index (χ3n) is 3.16. The molecule has 2 rings (SSSR count). The van der Waals surface area contributed by atoms with E-state index in [-0.39, 0.29) is 5.78 Å². The molecule has 0 aliphatic carbocycles. The third-order valence-corrected chi connectivity index (χ3v) is 3.65. The maximum Gasteiger partial charge on any atom is 0.202 e. The standard InChI is InChI=1S/C17H17BrO2/c1-11-4-7-14(8-5-11)17(19)13(3)20-16-10-15(18)9-6-12(16)2/h4-10,13H,1-3H3. The van der Waals surface area contributed by atoms with Crippen molar-refractivity contribution in [3.05, 3.63) is 63.6 Å². The van der Waals surface area contributed by atoms with Crippen molar-refractivity contribution >= 4 is 21.7 Å². The zero-order chi connectivity index (χ0) is 14.7. The molecule has 0 bridgehead atoms. The number of rotatable bonds is 4. The summed E-state index contributed by atoms with van der Waals surface area (Å²) in [6.07, 6.45) is -0.509. The topological polar surface area (TPSA) is 26.3 Å². The van der Waals surface area contributed by atoms with Gasteiger partial charge in [-0.25, -0.2) is 0 Å². The van der Waals surface area contributed by atoms with Gasteiger partial charge in [0.15, 0.2) is 6.10 Å². The molecule has 104 valence electrons. The molecule has 0 heterocycles. The van der Waals surface area contributed by atoms with Gasteiger partial charge in [0.25, 0.3) is 0 Å². The maximum atomic E-state index is 12.3. The number of halogens is 1. The number of hydrogen-bond acceptors (Lipinski definition) is 2. The van der Waals surface area contributed by atoms with Gasteiger partial charge in [0, 0.05) is 10.0 Å². The van der Waals surface area contributed by atoms with E-state index in [9.17, 15) is 4.79 Å². The highest BCUT2D eigenvalue weighted by Gasteiger charge is 2.17. The van der Waals surface area contributed by atoms with Gasteiger partial charge in [-0.3, -0.25) is 4.79 Å². The molecular weight excluding hydrogens is 316 g/mol. The minimum Gasteiger partial charge on any atom is -0.482 e. The van der Waals surface area contributed by atoms with E-state index in [0.717, 1.165) is 21.3 Å². The zero-order valence-corrected chi connectivity index (χ0v) is 13.4. The molecule has 2 aromatic rings. The van der Waals surface area contributed by atoms with E-state index in [1.807, 2.05) is 56.3 Å². The second-order valence-electron chi connectivity index (χ2n) is 4.90. The van der Waals surface area contributed by atoms with Gasteiger partial charge < -0.3 is 4.74 Å². The summed E-state index contributed by atoms with van der Waals surface area (Å²) in [5.41, 5.74) is 2.82. The molecule has 0 spiro atoms. The Labute approximate surface area is 127 Å². The molecule has 2 aromatic carbocycles. The highest BCUT2D eigenvalue weighted by atomic mass is 79.9. The van der Waals surface area contributed by atoms with Crippen LogP contribution in [0.1, 0.15) is 28.4 Å². The molecule has 0 aromatic heterocycles. The minimum atomic E-state index is -0.509. The Morgan fingerprint density at radius 1 is 1.10 bits per heavy atom. The summed E-state index contributed by atoms with van der Waals surface area (Å²) in [6, 6.07) is 13.3. The van der Waals surface area contributed by atoms with Gasteiger partial charge in [0.05, 0.1) is 0 Å². The van der Waals surface area contributed by atoms with Crippen LogP contribution in [0.3, 0.4) is 0 Å². The SMILES string of the molecule is Cc1ccc(C(=O)C(C)Oc2cc(Br)ccc2C)cc1. The lowest BCUT2D eigenvalue weighted by Gasteiger charge is -2.16. The molecule has 0 amide bonds. The lowest BCUT2D eigenvalue weighted by Crippen LogP contribution is -2.24. The van der Waals surface area contributed by atoms with Crippen molar-refractivity contribution in [3.63, 3.8) is 0 Å². The van der Waals surface area contributed by atoms with Crippen LogP contribution in [-0.4, -0.2) is 11.9 Å². The molecule has 0 aliphatic heterocycles. The van der Waals surface area contributed by atoms with Crippen LogP contribution in [0.15, 0.2) is 46.9 Å². The van der Waals surface area contributed by atoms with E-state index < -0.39 is 6.10 Å². The number of hydrogen-bond donors (Lipinski definition) is 0. The van der Waals surface area contributed by atoms with Gasteiger partial charge >= 0.3 is 0 Å². The van der Waals surface area contributed by atoms with Gasteiger partial charge in [-0.1, -0.05) is 51.8 Å². The third kappa shape index (κ3) is 3.48. The summed E-state index contributed by atoms with van der Waals surface area (Å²) in [5.74, 6) is 0.719. The number of ether oxygens (including phenoxy) is 1. The largest absolute Gasteiger partial charge is 0.482 e. The van der Waals surface area contributed by atoms with Crippen LogP contribution in [0.5, 0.6) is 5.75 Å². The van der Waals surface area contributed by atoms with Crippen molar-refractivity contribution < 1.29 is 9.53 Å². The first-order chi connectivity index (χ1) is 9.47. The number of ketones is 1. The summed E-state index contributed by atoms with van der Waals surface area (Å²) in [7, 11) is 0. The van der Waals surface area contributed by atoms with E-state index in [1.54, 1.807) is 6.92 Å². The van der Waals surface area contributed by atoms with Crippen LogP contribution in [-0.2, 0) is 0 Å². The Morgan fingerprint density at radius 3 is 2.40 bits per heavy atom. The van der Waals surface area contributed by atoms with Crippen molar-refractivity contribution in [1.29, 1.82) is 0 Å². The van der Waals surface area contributed by atoms with Crippen LogP contribution in [0.2, 0.25) is 0 Å². The lowest BCUT2D eigenvalue weighted by atomic mass is 10.1. The fourth-order valence-corrected chi connectivity index (χ4v) is 2.24. The first-order valence-electron chi connectivity index (χ1n) is 6.51. The molecule has 1 unspecified atom stereocenters. The first-order valence-corrected chi connectivity index (χ1v) is 7.30. The quantitative estimate of drug-likeness (QED) is 0.757. The Kier molecular flexibility index (Phi) is 4.61. The van der Waals surface area contributed by atoms with Gasteiger partial charge in [-0.2, -0.15) is 0 Å². The molecule has 0 radical (unpaired) electrons. The van der Waals surface area contributed by atoms with Gasteiger partial charge in [-0.15, -0.1) is 0 Å². The van der Waals surface area contributed by atoms with Crippen molar-refractivity contribution in [2.75, 3.05) is 0 Å². The number of carbonyl (C=O) groups excluding carboxylic acids is 1. The van der Waals surface area contributed by atoms with Crippen molar-refractivity contribution in [3.8, 4) is 5.75 Å². The number of aryl methyl sites for hydroxylation is 2. The van der Waals surface area contributed by atoms with E-state index in [4.69, 9.17) is 4.74 Å². The van der Waals surface area contributed by atoms with Gasteiger partial charge in [-0.05, 0) is 38.5 Å². The molecular formula is C17H17BrO2. The fraction of sp³-hybridized carbons (Fsp3) is 0.235. The number of carbonyl (C=O) groups is 1. The van der Waals surface area contributed by atoms with Crippen LogP contribution >= 0.6 is 15.9 Å². The molecule has 1 atom stereocenters. The van der Waals surface area contributed by atoms with Gasteiger partial charge in [0.1, 0.15) is 5.75 Å². The molecule has 3 heteroatoms. The lowest BCUT2D eigenvalue weighted by molar-refractivity contribution is 0.0817. The van der Waals surface area contributed by atoms with Crippen LogP contribution in [0, 0.1) is 13.8 Å². The van der Waals surface area contributed by atoms with Crippen LogP contribution in [0.4, 0.5) is 0 Å². The fourth-order valence-electron chi connectivity index (χ4n) is 1.90. The minimum absolute atomic E-state index is 0.00984. The van der Waals surface area contributed by atoms with Gasteiger partial charge in [0.2, 0.25) is 5.78 Å². The molecule has 2 nitrogen and oxygen atoms in total. The Morgan fingerprint density at radius 2 is 1.75 bits per heavy atom. The number of Topliss-reactive ketones (excluding diaryl/α,β-unsaturated/α-hetero) is 1. The van der Waals surface area contributed by atoms with Crippen molar-refractivity contribution in [1.82, 2.24) is 0 Å². The maximum absolute atomic E-state index is 12.3. The average Bonchev–Trinajstić information content (AvgIpc) is 2.43. The van der Waals surface area contributed by atoms with Crippen LogP contribution in [0.25, 0.3) is 0 Å². The van der Waals surface area contributed by atoms with Crippen molar-refractivity contribution in [2.24, 2.45) is 0 Å². The summed E-state index contributed by atoms with van der Waals surface area (Å²) in [5, 5.41) is 0. The van der Waals surface area contributed by atoms with E-state index >= 15 is 0 Å². The highest BCUT2D eigenvalue weighted by Crippen LogP contribution is 2.24. The monoisotopic (exact) mass is 332 g/mol. The predicted octanol–water partition coefficient (Wildman–Crippen LogP) is 4.72. The predicted molar refractivity (Wildman–Crippen MR) is 84.5 cm³/mol. The second-order valence-corrected chi connectivity index (χ2v) is 5.82. The Balaban J connectivity index is 2.15. The Hall–Kier alpha value is -1.61. The molecule has 0 aliphatic rings. The zero-order valence-electron chi connectivity index (χ0n) is 11.8. The highest BCUT2D eigenvalue weighted by molar-refractivity contribution is 9.10. The van der Waals surface area contributed by atoms with E-state index in [0.29, 0.717) is 5.56 Å². The molecule has 0 saturated carbocycles. The second kappa shape index (κ2) is 6.23. The molecule has 20 heavy (non-hydrogen) atoms. The first kappa shape index (κ1) is 14.8. The smallest absolute Gasteiger partial charge is 0.202 e. The van der Waals surface area contributed by atoms with E-state index in [2.05, 4.69) is 15.9 Å². The average molecular weight is 333 g/mol. The normalized spacial score (nSPS) is 12.0. The molecule has 0 N–H and O–H groups in total. The summed E-state index contributed by atoms with van der Waals surface area (Å²) in [6.45, 7) is 5.74. The van der Waals surface area contributed by atoms with Crippen molar-refractivity contribution in [2.45, 2.75) is 26.9 Å². The van der Waals surface area contributed by atoms with Crippen LogP contribution < -0.4 is 4.74 Å². The van der Waals surface area contributed by atoms with E-state index in [1.165, 1.54) is 0 Å². The Bertz CT molecular complexity index is 617. The summed E-state index contributed by atoms with van der Waals surface area (Å²) < 4.78 is 6.73. The molecule has 0 saturated heterocycles. The summed E-state index contributed by atoms with van der Waals surface area (Å²) in [4.78, 5) is 12.3.